The van der Waals surface area contributed by atoms with E-state index in [0.29, 0.717) is 11.9 Å². The van der Waals surface area contributed by atoms with Crippen molar-refractivity contribution in [1.82, 2.24) is 19.8 Å². The molecule has 7 heteroatoms. The highest BCUT2D eigenvalue weighted by Crippen LogP contribution is 2.27. The van der Waals surface area contributed by atoms with E-state index in [-0.39, 0.29) is 5.92 Å². The van der Waals surface area contributed by atoms with Crippen LogP contribution < -0.4 is 4.90 Å². The first-order valence-corrected chi connectivity index (χ1v) is 10.8. The first-order valence-electron chi connectivity index (χ1n) is 10.8. The Morgan fingerprint density at radius 3 is 2.43 bits per heavy atom. The number of fused-ring (bicyclic) bond motifs is 1. The van der Waals surface area contributed by atoms with Crippen LogP contribution in [-0.2, 0) is 11.3 Å². The quantitative estimate of drug-likeness (QED) is 0.665. The highest BCUT2D eigenvalue weighted by molar-refractivity contribution is 5.79. The van der Waals surface area contributed by atoms with Crippen LogP contribution in [0, 0.1) is 5.92 Å². The molecule has 2 aliphatic rings. The fraction of sp³-hybridized carbons (Fsp3) is 0.435. The van der Waals surface area contributed by atoms with Crippen molar-refractivity contribution in [1.29, 1.82) is 0 Å². The number of hydrogen-bond donors (Lipinski definition) is 0. The molecule has 30 heavy (non-hydrogen) atoms. The van der Waals surface area contributed by atoms with E-state index in [2.05, 4.69) is 36.8 Å². The summed E-state index contributed by atoms with van der Waals surface area (Å²) in [6, 6.07) is 12.6. The molecule has 0 atom stereocenters. The maximum atomic E-state index is 13.0. The molecule has 0 bridgehead atoms. The molecule has 1 aromatic carbocycles. The molecule has 0 radical (unpaired) electrons. The van der Waals surface area contributed by atoms with Crippen molar-refractivity contribution in [3.63, 3.8) is 0 Å². The van der Waals surface area contributed by atoms with Crippen LogP contribution in [0.1, 0.15) is 18.4 Å². The van der Waals surface area contributed by atoms with E-state index >= 15 is 0 Å². The van der Waals surface area contributed by atoms with E-state index in [1.807, 2.05) is 36.7 Å². The number of rotatable bonds is 4. The zero-order chi connectivity index (χ0) is 20.3. The number of amides is 1. The molecule has 0 unspecified atom stereocenters. The molecule has 156 valence electrons. The normalized spacial score (nSPS) is 18.8. The average molecular weight is 406 g/mol. The molecule has 2 fully saturated rings. The lowest BCUT2D eigenvalue weighted by molar-refractivity contribution is -0.138. The van der Waals surface area contributed by atoms with Gasteiger partial charge in [0.2, 0.25) is 5.91 Å². The lowest BCUT2D eigenvalue weighted by atomic mass is 9.95. The van der Waals surface area contributed by atoms with Crippen LogP contribution in [0.4, 0.5) is 6.01 Å². The molecule has 1 amide bonds. The van der Waals surface area contributed by atoms with Gasteiger partial charge in [-0.15, -0.1) is 0 Å². The Hall–Kier alpha value is -2.93. The molecule has 3 aromatic rings. The number of oxazole rings is 1. The van der Waals surface area contributed by atoms with Gasteiger partial charge >= 0.3 is 0 Å². The molecular formula is C23H27N5O2. The van der Waals surface area contributed by atoms with Crippen molar-refractivity contribution >= 4 is 23.0 Å². The predicted octanol–water partition coefficient (Wildman–Crippen LogP) is 2.78. The SMILES string of the molecule is O=C(C1CCN(c2nc3ccccc3o2)CC1)N1CCN(Cc2ccncc2)CC1. The number of hydrogen-bond acceptors (Lipinski definition) is 6. The fourth-order valence-electron chi connectivity index (χ4n) is 4.44. The molecule has 2 aliphatic heterocycles. The van der Waals surface area contributed by atoms with Crippen molar-refractivity contribution in [3.05, 3.63) is 54.4 Å². The highest BCUT2D eigenvalue weighted by Gasteiger charge is 2.31. The van der Waals surface area contributed by atoms with Gasteiger partial charge in [-0.2, -0.15) is 4.98 Å². The van der Waals surface area contributed by atoms with Crippen LogP contribution >= 0.6 is 0 Å². The largest absolute Gasteiger partial charge is 0.423 e. The maximum absolute atomic E-state index is 13.0. The molecule has 0 N–H and O–H groups in total. The first kappa shape index (κ1) is 19.1. The van der Waals surface area contributed by atoms with Gasteiger partial charge in [-0.1, -0.05) is 12.1 Å². The van der Waals surface area contributed by atoms with Crippen LogP contribution in [0.2, 0.25) is 0 Å². The summed E-state index contributed by atoms with van der Waals surface area (Å²) in [6.45, 7) is 6.03. The van der Waals surface area contributed by atoms with Crippen LogP contribution in [0.3, 0.4) is 0 Å². The highest BCUT2D eigenvalue weighted by atomic mass is 16.4. The number of carbonyl (C=O) groups excluding carboxylic acids is 1. The summed E-state index contributed by atoms with van der Waals surface area (Å²) in [6.07, 6.45) is 5.38. The summed E-state index contributed by atoms with van der Waals surface area (Å²) in [7, 11) is 0. The monoisotopic (exact) mass is 405 g/mol. The van der Waals surface area contributed by atoms with E-state index < -0.39 is 0 Å². The molecule has 4 heterocycles. The number of nitrogens with zero attached hydrogens (tertiary/aromatic N) is 5. The van der Waals surface area contributed by atoms with Gasteiger partial charge in [-0.25, -0.2) is 0 Å². The van der Waals surface area contributed by atoms with Crippen LogP contribution in [0.5, 0.6) is 0 Å². The van der Waals surface area contributed by atoms with E-state index in [9.17, 15) is 4.79 Å². The number of piperazine rings is 1. The predicted molar refractivity (Wildman–Crippen MR) is 115 cm³/mol. The van der Waals surface area contributed by atoms with Crippen molar-refractivity contribution in [2.24, 2.45) is 5.92 Å². The third kappa shape index (κ3) is 4.03. The standard InChI is InChI=1S/C23H27N5O2/c29-22(27-15-13-26(14-16-27)17-18-5-9-24-10-6-18)19-7-11-28(12-8-19)23-25-20-3-1-2-4-21(20)30-23/h1-6,9-10,19H,7-8,11-17H2. The molecular weight excluding hydrogens is 378 g/mol. The van der Waals surface area contributed by atoms with E-state index in [0.717, 1.165) is 69.8 Å². The Bertz CT molecular complexity index is 956. The number of para-hydroxylation sites is 2. The minimum absolute atomic E-state index is 0.109. The lowest BCUT2D eigenvalue weighted by Gasteiger charge is -2.38. The zero-order valence-electron chi connectivity index (χ0n) is 17.1. The number of piperidine rings is 1. The molecule has 0 spiro atoms. The second-order valence-corrected chi connectivity index (χ2v) is 8.18. The minimum atomic E-state index is 0.109. The number of anilines is 1. The summed E-state index contributed by atoms with van der Waals surface area (Å²) in [4.78, 5) is 28.3. The summed E-state index contributed by atoms with van der Waals surface area (Å²) in [5.74, 6) is 0.424. The van der Waals surface area contributed by atoms with Gasteiger partial charge in [0.25, 0.3) is 6.01 Å². The molecule has 0 saturated carbocycles. The van der Waals surface area contributed by atoms with E-state index in [1.165, 1.54) is 5.56 Å². The van der Waals surface area contributed by atoms with Gasteiger partial charge < -0.3 is 14.2 Å². The summed E-state index contributed by atoms with van der Waals surface area (Å²) in [5.41, 5.74) is 2.97. The Labute approximate surface area is 176 Å². The van der Waals surface area contributed by atoms with Crippen molar-refractivity contribution in [3.8, 4) is 0 Å². The Morgan fingerprint density at radius 2 is 1.70 bits per heavy atom. The number of aromatic nitrogens is 2. The van der Waals surface area contributed by atoms with E-state index in [4.69, 9.17) is 4.42 Å². The first-order chi connectivity index (χ1) is 14.8. The zero-order valence-corrected chi connectivity index (χ0v) is 17.1. The van der Waals surface area contributed by atoms with Gasteiger partial charge in [0.05, 0.1) is 0 Å². The molecule has 2 aromatic heterocycles. The third-order valence-electron chi connectivity index (χ3n) is 6.24. The second kappa shape index (κ2) is 8.44. The van der Waals surface area contributed by atoms with E-state index in [1.54, 1.807) is 0 Å². The molecule has 7 nitrogen and oxygen atoms in total. The van der Waals surface area contributed by atoms with Gasteiger partial charge in [-0.3, -0.25) is 14.7 Å². The summed E-state index contributed by atoms with van der Waals surface area (Å²) < 4.78 is 5.89. The fourth-order valence-corrected chi connectivity index (χ4v) is 4.44. The summed E-state index contributed by atoms with van der Waals surface area (Å²) >= 11 is 0. The Kier molecular flexibility index (Phi) is 5.36. The van der Waals surface area contributed by atoms with Gasteiger partial charge in [0.15, 0.2) is 5.58 Å². The molecule has 2 saturated heterocycles. The number of benzene rings is 1. The summed E-state index contributed by atoms with van der Waals surface area (Å²) in [5, 5.41) is 0. The van der Waals surface area contributed by atoms with Crippen LogP contribution in [-0.4, -0.2) is 64.9 Å². The van der Waals surface area contributed by atoms with Crippen molar-refractivity contribution in [2.75, 3.05) is 44.2 Å². The average Bonchev–Trinajstić information content (AvgIpc) is 3.24. The number of carbonyl (C=O) groups is 1. The topological polar surface area (TPSA) is 65.7 Å². The van der Waals surface area contributed by atoms with Crippen LogP contribution in [0.15, 0.2) is 53.2 Å². The molecule has 5 rings (SSSR count). The maximum Gasteiger partial charge on any atom is 0.298 e. The van der Waals surface area contributed by atoms with Gasteiger partial charge in [-0.05, 0) is 42.7 Å². The van der Waals surface area contributed by atoms with Gasteiger partial charge in [0.1, 0.15) is 5.52 Å². The Balaban J connectivity index is 1.12. The second-order valence-electron chi connectivity index (χ2n) is 8.18. The van der Waals surface area contributed by atoms with Crippen molar-refractivity contribution < 1.29 is 9.21 Å². The van der Waals surface area contributed by atoms with Crippen LogP contribution in [0.25, 0.3) is 11.1 Å². The third-order valence-corrected chi connectivity index (χ3v) is 6.24. The lowest BCUT2D eigenvalue weighted by Crippen LogP contribution is -2.51. The molecule has 0 aliphatic carbocycles. The van der Waals surface area contributed by atoms with Gasteiger partial charge in [0, 0.05) is 64.1 Å². The number of pyridine rings is 1. The smallest absolute Gasteiger partial charge is 0.298 e. The Morgan fingerprint density at radius 1 is 0.967 bits per heavy atom. The minimum Gasteiger partial charge on any atom is -0.423 e. The van der Waals surface area contributed by atoms with Crippen molar-refractivity contribution in [2.45, 2.75) is 19.4 Å².